The summed E-state index contributed by atoms with van der Waals surface area (Å²) in [6.45, 7) is 5.06. The maximum Gasteiger partial charge on any atom is 0.185 e. The van der Waals surface area contributed by atoms with Crippen LogP contribution < -0.4 is 4.90 Å². The van der Waals surface area contributed by atoms with Crippen molar-refractivity contribution in [2.24, 2.45) is 0 Å². The van der Waals surface area contributed by atoms with E-state index in [1.807, 2.05) is 23.7 Å². The molecule has 0 radical (unpaired) electrons. The quantitative estimate of drug-likeness (QED) is 0.806. The van der Waals surface area contributed by atoms with E-state index in [1.54, 1.807) is 11.3 Å². The van der Waals surface area contributed by atoms with Gasteiger partial charge in [-0.15, -0.1) is 11.3 Å². The van der Waals surface area contributed by atoms with Crippen molar-refractivity contribution in [3.8, 4) is 0 Å². The van der Waals surface area contributed by atoms with E-state index in [-0.39, 0.29) is 0 Å². The van der Waals surface area contributed by atoms with E-state index in [9.17, 15) is 0 Å². The van der Waals surface area contributed by atoms with Crippen LogP contribution in [0, 0.1) is 0 Å². The molecular weight excluding hydrogens is 282 g/mol. The Kier molecular flexibility index (Phi) is 3.33. The average molecular weight is 299 g/mol. The van der Waals surface area contributed by atoms with Crippen molar-refractivity contribution in [3.05, 3.63) is 41.7 Å². The van der Waals surface area contributed by atoms with Crippen LogP contribution in [0.3, 0.4) is 0 Å². The van der Waals surface area contributed by atoms with Crippen LogP contribution in [0.25, 0.3) is 11.0 Å². The van der Waals surface area contributed by atoms with Crippen molar-refractivity contribution in [1.82, 2.24) is 19.9 Å². The van der Waals surface area contributed by atoms with Gasteiger partial charge < -0.3 is 9.88 Å². The molecule has 1 aromatic carbocycles. The summed E-state index contributed by atoms with van der Waals surface area (Å²) < 4.78 is 0. The molecule has 1 saturated heterocycles. The van der Waals surface area contributed by atoms with Gasteiger partial charge in [-0.1, -0.05) is 12.1 Å². The van der Waals surface area contributed by atoms with Gasteiger partial charge >= 0.3 is 0 Å². The minimum absolute atomic E-state index is 0.889. The number of benzene rings is 1. The molecule has 0 saturated carbocycles. The van der Waals surface area contributed by atoms with Crippen LogP contribution >= 0.6 is 11.3 Å². The zero-order chi connectivity index (χ0) is 14.1. The summed E-state index contributed by atoms with van der Waals surface area (Å²) in [6, 6.07) is 8.19. The topological polar surface area (TPSA) is 48.1 Å². The normalized spacial score (nSPS) is 16.7. The molecule has 3 heterocycles. The number of rotatable bonds is 3. The average Bonchev–Trinajstić information content (AvgIpc) is 3.17. The summed E-state index contributed by atoms with van der Waals surface area (Å²) in [5.41, 5.74) is 2.17. The number of H-pyrrole nitrogens is 1. The number of nitrogens with one attached hydrogen (secondary N) is 1. The van der Waals surface area contributed by atoms with Gasteiger partial charge in [0.25, 0.3) is 0 Å². The van der Waals surface area contributed by atoms with Gasteiger partial charge in [-0.3, -0.25) is 4.90 Å². The molecule has 21 heavy (non-hydrogen) atoms. The number of hydrogen-bond donors (Lipinski definition) is 1. The van der Waals surface area contributed by atoms with Crippen molar-refractivity contribution >= 4 is 27.5 Å². The number of imidazole rings is 1. The molecule has 3 aromatic rings. The Morgan fingerprint density at radius 3 is 2.76 bits per heavy atom. The third-order valence-electron chi connectivity index (χ3n) is 3.87. The van der Waals surface area contributed by atoms with E-state index in [1.165, 1.54) is 0 Å². The fourth-order valence-corrected chi connectivity index (χ4v) is 3.46. The molecule has 1 fully saturated rings. The number of thiazole rings is 1. The lowest BCUT2D eigenvalue weighted by Crippen LogP contribution is -2.46. The highest BCUT2D eigenvalue weighted by Gasteiger charge is 2.19. The molecule has 0 aliphatic carbocycles. The Labute approximate surface area is 127 Å². The third kappa shape index (κ3) is 2.64. The zero-order valence-corrected chi connectivity index (χ0v) is 12.5. The van der Waals surface area contributed by atoms with Gasteiger partial charge in [0.2, 0.25) is 0 Å². The first kappa shape index (κ1) is 12.8. The fourth-order valence-electron chi connectivity index (χ4n) is 2.76. The molecule has 5 nitrogen and oxygen atoms in total. The summed E-state index contributed by atoms with van der Waals surface area (Å²) in [6.07, 6.45) is 1.88. The number of para-hydroxylation sites is 2. The second kappa shape index (κ2) is 5.46. The molecule has 0 unspecified atom stereocenters. The van der Waals surface area contributed by atoms with Crippen molar-refractivity contribution in [1.29, 1.82) is 0 Å². The summed E-state index contributed by atoms with van der Waals surface area (Å²) in [5.74, 6) is 1.05. The lowest BCUT2D eigenvalue weighted by atomic mass is 10.3. The minimum atomic E-state index is 0.889. The van der Waals surface area contributed by atoms with Gasteiger partial charge in [0.1, 0.15) is 5.82 Å². The van der Waals surface area contributed by atoms with Crippen molar-refractivity contribution < 1.29 is 0 Å². The number of aromatic amines is 1. The first-order valence-electron chi connectivity index (χ1n) is 7.19. The summed E-state index contributed by atoms with van der Waals surface area (Å²) in [4.78, 5) is 17.3. The van der Waals surface area contributed by atoms with Crippen LogP contribution in [0.4, 0.5) is 5.13 Å². The van der Waals surface area contributed by atoms with Gasteiger partial charge in [-0.2, -0.15) is 0 Å². The number of aromatic nitrogens is 3. The highest BCUT2D eigenvalue weighted by Crippen LogP contribution is 2.19. The number of anilines is 1. The van der Waals surface area contributed by atoms with Gasteiger partial charge in [-0.05, 0) is 12.1 Å². The predicted molar refractivity (Wildman–Crippen MR) is 85.7 cm³/mol. The SMILES string of the molecule is c1ccc2[nH]c(CN3CCN(c4nccs4)CC3)nc2c1. The molecule has 108 valence electrons. The predicted octanol–water partition coefficient (Wildman–Crippen LogP) is 2.34. The lowest BCUT2D eigenvalue weighted by Gasteiger charge is -2.34. The molecule has 0 spiro atoms. The molecule has 0 atom stereocenters. The maximum atomic E-state index is 4.65. The highest BCUT2D eigenvalue weighted by molar-refractivity contribution is 7.13. The van der Waals surface area contributed by atoms with Crippen LogP contribution in [0.5, 0.6) is 0 Å². The van der Waals surface area contributed by atoms with Gasteiger partial charge in [0.05, 0.1) is 17.6 Å². The molecule has 0 amide bonds. The van der Waals surface area contributed by atoms with Crippen molar-refractivity contribution in [2.45, 2.75) is 6.54 Å². The van der Waals surface area contributed by atoms with E-state index in [2.05, 4.69) is 36.9 Å². The molecule has 4 rings (SSSR count). The van der Waals surface area contributed by atoms with E-state index >= 15 is 0 Å². The summed E-state index contributed by atoms with van der Waals surface area (Å²) in [7, 11) is 0. The van der Waals surface area contributed by atoms with E-state index in [4.69, 9.17) is 0 Å². The lowest BCUT2D eigenvalue weighted by molar-refractivity contribution is 0.245. The standard InChI is InChI=1S/C15H17N5S/c1-2-4-13-12(3-1)17-14(18-13)11-19-6-8-20(9-7-19)15-16-5-10-21-15/h1-5,10H,6-9,11H2,(H,17,18). The Hall–Kier alpha value is -1.92. The molecule has 1 aliphatic heterocycles. The fraction of sp³-hybridized carbons (Fsp3) is 0.333. The Morgan fingerprint density at radius 1 is 1.14 bits per heavy atom. The van der Waals surface area contributed by atoms with Gasteiger partial charge in [0, 0.05) is 37.8 Å². The minimum Gasteiger partial charge on any atom is -0.346 e. The Morgan fingerprint density at radius 2 is 2.00 bits per heavy atom. The van der Waals surface area contributed by atoms with Crippen LogP contribution in [0.15, 0.2) is 35.8 Å². The monoisotopic (exact) mass is 299 g/mol. The van der Waals surface area contributed by atoms with Gasteiger partial charge in [-0.25, -0.2) is 9.97 Å². The molecule has 6 heteroatoms. The van der Waals surface area contributed by atoms with Crippen molar-refractivity contribution in [3.63, 3.8) is 0 Å². The Balaban J connectivity index is 1.40. The second-order valence-corrected chi connectivity index (χ2v) is 6.15. The maximum absolute atomic E-state index is 4.65. The van der Waals surface area contributed by atoms with E-state index in [0.29, 0.717) is 0 Å². The summed E-state index contributed by atoms with van der Waals surface area (Å²) in [5, 5.41) is 3.18. The van der Waals surface area contributed by atoms with Crippen LogP contribution in [-0.2, 0) is 6.54 Å². The number of nitrogens with zero attached hydrogens (tertiary/aromatic N) is 4. The molecule has 1 aliphatic rings. The van der Waals surface area contributed by atoms with Crippen LogP contribution in [0.1, 0.15) is 5.82 Å². The summed E-state index contributed by atoms with van der Waals surface area (Å²) >= 11 is 1.72. The number of fused-ring (bicyclic) bond motifs is 1. The largest absolute Gasteiger partial charge is 0.346 e. The number of piperazine rings is 1. The van der Waals surface area contributed by atoms with Crippen molar-refractivity contribution in [2.75, 3.05) is 31.1 Å². The molecule has 2 aromatic heterocycles. The molecular formula is C15H17N5S. The van der Waals surface area contributed by atoms with Crippen LogP contribution in [0.2, 0.25) is 0 Å². The Bertz CT molecular complexity index is 680. The second-order valence-electron chi connectivity index (χ2n) is 5.28. The highest BCUT2D eigenvalue weighted by atomic mass is 32.1. The zero-order valence-electron chi connectivity index (χ0n) is 11.7. The number of hydrogen-bond acceptors (Lipinski definition) is 5. The van der Waals surface area contributed by atoms with Gasteiger partial charge in [0.15, 0.2) is 5.13 Å². The molecule has 1 N–H and O–H groups in total. The smallest absolute Gasteiger partial charge is 0.185 e. The van der Waals surface area contributed by atoms with E-state index in [0.717, 1.165) is 54.7 Å². The van der Waals surface area contributed by atoms with E-state index < -0.39 is 0 Å². The third-order valence-corrected chi connectivity index (χ3v) is 4.71. The first-order valence-corrected chi connectivity index (χ1v) is 8.07. The first-order chi connectivity index (χ1) is 10.4. The van der Waals surface area contributed by atoms with Crippen LogP contribution in [-0.4, -0.2) is 46.0 Å². The molecule has 0 bridgehead atoms.